The molecule has 0 radical (unpaired) electrons. The van der Waals surface area contributed by atoms with E-state index in [4.69, 9.17) is 16.6 Å². The van der Waals surface area contributed by atoms with Gasteiger partial charge in [0.1, 0.15) is 11.6 Å². The molecule has 152 valence electrons. The van der Waals surface area contributed by atoms with E-state index in [-0.39, 0.29) is 5.82 Å². The van der Waals surface area contributed by atoms with E-state index in [0.717, 1.165) is 22.6 Å². The standard InChI is InChI=1S/C15H14N6O2.C4H8OS/c1-7-9(4-18-6-11(7)16)12-2-8-3-13(21-15(22)23)19-5-10(8)14(17)20-12;5-6-3-1-2-4-6/h2-6H,16H2,1H3,(H2,17,20)(H,19,21)(H,22,23);1-4H2. The third-order valence-electron chi connectivity index (χ3n) is 4.50. The summed E-state index contributed by atoms with van der Waals surface area (Å²) in [6.07, 6.45) is 5.91. The molecule has 6 N–H and O–H groups in total. The molecule has 9 nitrogen and oxygen atoms in total. The second-order valence-corrected chi connectivity index (χ2v) is 8.27. The summed E-state index contributed by atoms with van der Waals surface area (Å²) in [5.74, 6) is 2.43. The van der Waals surface area contributed by atoms with Crippen LogP contribution in [0.4, 0.5) is 22.1 Å². The van der Waals surface area contributed by atoms with Gasteiger partial charge < -0.3 is 16.6 Å². The van der Waals surface area contributed by atoms with E-state index in [9.17, 15) is 9.00 Å². The lowest BCUT2D eigenvalue weighted by Gasteiger charge is -2.10. The minimum absolute atomic E-state index is 0.212. The fraction of sp³-hybridized carbons (Fsp3) is 0.263. The molecule has 0 bridgehead atoms. The summed E-state index contributed by atoms with van der Waals surface area (Å²) in [6.45, 7) is 1.87. The van der Waals surface area contributed by atoms with E-state index >= 15 is 0 Å². The van der Waals surface area contributed by atoms with Gasteiger partial charge in [0.2, 0.25) is 0 Å². The second kappa shape index (κ2) is 8.82. The molecule has 1 saturated heterocycles. The number of anilines is 3. The van der Waals surface area contributed by atoms with Crippen LogP contribution in [-0.2, 0) is 10.8 Å². The summed E-state index contributed by atoms with van der Waals surface area (Å²) in [4.78, 5) is 23.2. The zero-order valence-corrected chi connectivity index (χ0v) is 16.7. The van der Waals surface area contributed by atoms with Gasteiger partial charge in [-0.1, -0.05) is 0 Å². The van der Waals surface area contributed by atoms with Gasteiger partial charge in [0.05, 0.1) is 17.6 Å². The summed E-state index contributed by atoms with van der Waals surface area (Å²) in [5, 5.41) is 12.3. The summed E-state index contributed by atoms with van der Waals surface area (Å²) >= 11 is 0. The molecule has 4 heterocycles. The first-order valence-electron chi connectivity index (χ1n) is 8.97. The SMILES string of the molecule is Cc1c(N)cncc1-c1cc2cc(NC(=O)O)ncc2c(N)n1.O=S1CCCC1. The van der Waals surface area contributed by atoms with E-state index < -0.39 is 16.9 Å². The lowest BCUT2D eigenvalue weighted by molar-refractivity contribution is 0.209. The van der Waals surface area contributed by atoms with E-state index in [1.54, 1.807) is 24.5 Å². The molecular weight excluding hydrogens is 392 g/mol. The number of aromatic nitrogens is 3. The Balaban J connectivity index is 0.000000343. The van der Waals surface area contributed by atoms with Crippen LogP contribution < -0.4 is 16.8 Å². The number of nitrogen functional groups attached to an aromatic ring is 2. The molecule has 29 heavy (non-hydrogen) atoms. The summed E-state index contributed by atoms with van der Waals surface area (Å²) in [7, 11) is -0.423. The van der Waals surface area contributed by atoms with Crippen molar-refractivity contribution in [1.29, 1.82) is 0 Å². The van der Waals surface area contributed by atoms with Gasteiger partial charge >= 0.3 is 6.09 Å². The number of fused-ring (bicyclic) bond motifs is 1. The third kappa shape index (κ3) is 4.96. The number of hydrogen-bond acceptors (Lipinski definition) is 7. The Labute approximate surface area is 170 Å². The number of nitrogens with one attached hydrogen (secondary N) is 1. The zero-order valence-electron chi connectivity index (χ0n) is 15.9. The number of hydrogen-bond donors (Lipinski definition) is 4. The third-order valence-corrected chi connectivity index (χ3v) is 5.99. The normalized spacial score (nSPS) is 13.7. The molecule has 0 aromatic carbocycles. The first kappa shape index (κ1) is 20.5. The number of carboxylic acid groups (broad SMARTS) is 1. The Bertz CT molecular complexity index is 1080. The summed E-state index contributed by atoms with van der Waals surface area (Å²) in [6, 6.07) is 3.39. The Hall–Kier alpha value is -3.27. The molecular formula is C19H22N6O3S. The summed E-state index contributed by atoms with van der Waals surface area (Å²) in [5.41, 5.74) is 14.7. The highest BCUT2D eigenvalue weighted by Gasteiger charge is 2.11. The van der Waals surface area contributed by atoms with Crippen LogP contribution in [0, 0.1) is 6.92 Å². The van der Waals surface area contributed by atoms with Crippen LogP contribution in [0.1, 0.15) is 18.4 Å². The lowest BCUT2D eigenvalue weighted by atomic mass is 10.0. The molecule has 3 aromatic rings. The fourth-order valence-corrected chi connectivity index (χ4v) is 4.17. The molecule has 0 atom stereocenters. The van der Waals surface area contributed by atoms with Crippen molar-refractivity contribution in [3.8, 4) is 11.3 Å². The largest absolute Gasteiger partial charge is 0.465 e. The van der Waals surface area contributed by atoms with Crippen molar-refractivity contribution in [2.75, 3.05) is 28.3 Å². The Kier molecular flexibility index (Phi) is 6.23. The maximum Gasteiger partial charge on any atom is 0.410 e. The van der Waals surface area contributed by atoms with Gasteiger partial charge in [-0.2, -0.15) is 0 Å². The molecule has 0 unspecified atom stereocenters. The van der Waals surface area contributed by atoms with E-state index in [1.165, 1.54) is 19.0 Å². The molecule has 1 aliphatic rings. The first-order valence-corrected chi connectivity index (χ1v) is 10.5. The lowest BCUT2D eigenvalue weighted by Crippen LogP contribution is -2.08. The van der Waals surface area contributed by atoms with Crippen LogP contribution in [0.5, 0.6) is 0 Å². The predicted octanol–water partition coefficient (Wildman–Crippen LogP) is 2.78. The van der Waals surface area contributed by atoms with Gasteiger partial charge in [-0.15, -0.1) is 0 Å². The van der Waals surface area contributed by atoms with Crippen molar-refractivity contribution in [2.45, 2.75) is 19.8 Å². The quantitative estimate of drug-likeness (QED) is 0.498. The molecule has 0 spiro atoms. The van der Waals surface area contributed by atoms with Crippen molar-refractivity contribution < 1.29 is 14.1 Å². The smallest absolute Gasteiger partial charge is 0.410 e. The maximum atomic E-state index is 10.7. The van der Waals surface area contributed by atoms with Gasteiger partial charge in [-0.05, 0) is 42.8 Å². The van der Waals surface area contributed by atoms with Crippen LogP contribution in [0.3, 0.4) is 0 Å². The number of rotatable bonds is 2. The van der Waals surface area contributed by atoms with Crippen molar-refractivity contribution in [1.82, 2.24) is 15.0 Å². The van der Waals surface area contributed by atoms with E-state index in [0.29, 0.717) is 28.0 Å². The van der Waals surface area contributed by atoms with Crippen LogP contribution in [-0.4, -0.2) is 41.9 Å². The molecule has 1 fully saturated rings. The topological polar surface area (TPSA) is 157 Å². The van der Waals surface area contributed by atoms with Crippen molar-refractivity contribution >= 4 is 45.0 Å². The molecule has 0 saturated carbocycles. The van der Waals surface area contributed by atoms with Crippen LogP contribution in [0.25, 0.3) is 22.0 Å². The Morgan fingerprint density at radius 3 is 2.52 bits per heavy atom. The highest BCUT2D eigenvalue weighted by atomic mass is 32.2. The monoisotopic (exact) mass is 414 g/mol. The zero-order chi connectivity index (χ0) is 21.0. The highest BCUT2D eigenvalue weighted by molar-refractivity contribution is 7.85. The van der Waals surface area contributed by atoms with Gasteiger partial charge in [-0.25, -0.2) is 14.8 Å². The average molecular weight is 414 g/mol. The minimum atomic E-state index is -1.19. The van der Waals surface area contributed by atoms with Crippen LogP contribution in [0.15, 0.2) is 30.7 Å². The molecule has 10 heteroatoms. The Morgan fingerprint density at radius 2 is 1.90 bits per heavy atom. The van der Waals surface area contributed by atoms with Gasteiger partial charge in [0.25, 0.3) is 0 Å². The van der Waals surface area contributed by atoms with Crippen LogP contribution in [0.2, 0.25) is 0 Å². The van der Waals surface area contributed by atoms with Crippen molar-refractivity contribution in [2.24, 2.45) is 0 Å². The molecule has 0 aliphatic carbocycles. The number of nitrogens with zero attached hydrogens (tertiary/aromatic N) is 3. The maximum absolute atomic E-state index is 10.7. The number of carbonyl (C=O) groups is 1. The van der Waals surface area contributed by atoms with E-state index in [1.807, 2.05) is 6.92 Å². The van der Waals surface area contributed by atoms with Crippen molar-refractivity contribution in [3.63, 3.8) is 0 Å². The minimum Gasteiger partial charge on any atom is -0.465 e. The van der Waals surface area contributed by atoms with Gasteiger partial charge in [-0.3, -0.25) is 14.5 Å². The number of nitrogens with two attached hydrogens (primary N) is 2. The number of pyridine rings is 3. The second-order valence-electron chi connectivity index (χ2n) is 6.57. The Morgan fingerprint density at radius 1 is 1.17 bits per heavy atom. The van der Waals surface area contributed by atoms with Crippen molar-refractivity contribution in [3.05, 3.63) is 36.3 Å². The molecule has 1 amide bonds. The summed E-state index contributed by atoms with van der Waals surface area (Å²) < 4.78 is 10.4. The number of amides is 1. The average Bonchev–Trinajstić information content (AvgIpc) is 3.14. The predicted molar refractivity (Wildman–Crippen MR) is 115 cm³/mol. The van der Waals surface area contributed by atoms with Gasteiger partial charge in [0, 0.05) is 45.6 Å². The van der Waals surface area contributed by atoms with E-state index in [2.05, 4.69) is 20.3 Å². The molecule has 1 aliphatic heterocycles. The molecule has 4 rings (SSSR count). The van der Waals surface area contributed by atoms with Gasteiger partial charge in [0.15, 0.2) is 0 Å². The molecule has 3 aromatic heterocycles. The highest BCUT2D eigenvalue weighted by Crippen LogP contribution is 2.30. The first-order chi connectivity index (χ1) is 13.8. The van der Waals surface area contributed by atoms with Crippen LogP contribution >= 0.6 is 0 Å². The fourth-order valence-electron chi connectivity index (χ4n) is 2.92.